The van der Waals surface area contributed by atoms with Crippen molar-refractivity contribution in [3.05, 3.63) is 70.8 Å². The Morgan fingerprint density at radius 1 is 1.23 bits per heavy atom. The SMILES string of the molecule is CC(c1ccc(Cl)cc1F)n1cnc2ccc(C3=CCN(C4CCCNC4)CC3)cc21. The maximum absolute atomic E-state index is 14.5. The molecule has 0 saturated carbocycles. The van der Waals surface area contributed by atoms with Crippen molar-refractivity contribution < 1.29 is 4.39 Å². The largest absolute Gasteiger partial charge is 0.323 e. The molecule has 5 rings (SSSR count). The van der Waals surface area contributed by atoms with Gasteiger partial charge in [-0.2, -0.15) is 0 Å². The molecule has 2 aliphatic rings. The quantitative estimate of drug-likeness (QED) is 0.601. The highest BCUT2D eigenvalue weighted by Crippen LogP contribution is 2.30. The Balaban J connectivity index is 1.41. The monoisotopic (exact) mass is 438 g/mol. The van der Waals surface area contributed by atoms with E-state index >= 15 is 0 Å². The number of imidazole rings is 1. The van der Waals surface area contributed by atoms with Gasteiger partial charge in [-0.1, -0.05) is 29.8 Å². The summed E-state index contributed by atoms with van der Waals surface area (Å²) in [5, 5.41) is 3.93. The second kappa shape index (κ2) is 8.73. The molecule has 3 aromatic rings. The van der Waals surface area contributed by atoms with Crippen molar-refractivity contribution in [2.24, 2.45) is 0 Å². The van der Waals surface area contributed by atoms with Crippen LogP contribution in [0.3, 0.4) is 0 Å². The van der Waals surface area contributed by atoms with Gasteiger partial charge in [-0.05, 0) is 68.1 Å². The molecule has 4 nitrogen and oxygen atoms in total. The third kappa shape index (κ3) is 4.14. The molecule has 6 heteroatoms. The molecule has 31 heavy (non-hydrogen) atoms. The summed E-state index contributed by atoms with van der Waals surface area (Å²) >= 11 is 5.94. The van der Waals surface area contributed by atoms with Gasteiger partial charge < -0.3 is 9.88 Å². The minimum Gasteiger partial charge on any atom is -0.323 e. The van der Waals surface area contributed by atoms with Crippen LogP contribution in [0.4, 0.5) is 4.39 Å². The van der Waals surface area contributed by atoms with Crippen LogP contribution in [0.2, 0.25) is 5.02 Å². The molecule has 2 aromatic carbocycles. The topological polar surface area (TPSA) is 33.1 Å². The van der Waals surface area contributed by atoms with Gasteiger partial charge in [0.15, 0.2) is 0 Å². The van der Waals surface area contributed by atoms with Crippen molar-refractivity contribution in [2.45, 2.75) is 38.3 Å². The van der Waals surface area contributed by atoms with Crippen LogP contribution in [0.15, 0.2) is 48.8 Å². The Morgan fingerprint density at radius 2 is 2.13 bits per heavy atom. The van der Waals surface area contributed by atoms with E-state index in [0.29, 0.717) is 16.6 Å². The smallest absolute Gasteiger partial charge is 0.129 e. The first-order valence-electron chi connectivity index (χ1n) is 11.2. The van der Waals surface area contributed by atoms with E-state index in [1.54, 1.807) is 18.5 Å². The van der Waals surface area contributed by atoms with Gasteiger partial charge in [0, 0.05) is 36.3 Å². The fraction of sp³-hybridized carbons (Fsp3) is 0.400. The van der Waals surface area contributed by atoms with Crippen LogP contribution in [-0.2, 0) is 0 Å². The summed E-state index contributed by atoms with van der Waals surface area (Å²) in [6, 6.07) is 11.8. The number of aromatic nitrogens is 2. The maximum atomic E-state index is 14.5. The van der Waals surface area contributed by atoms with Crippen LogP contribution in [0.1, 0.15) is 43.4 Å². The standard InChI is InChI=1S/C25H28ClFN4/c1-17(22-6-5-20(26)14-23(22)27)31-16-29-24-7-4-19(13-25(24)31)18-8-11-30(12-9-18)21-3-2-10-28-15-21/h4-8,13-14,16-17,21,28H,2-3,9-12,15H2,1H3. The molecular formula is C25H28ClFN4. The van der Waals surface area contributed by atoms with Gasteiger partial charge in [0.2, 0.25) is 0 Å². The van der Waals surface area contributed by atoms with E-state index in [1.807, 2.05) is 6.92 Å². The highest BCUT2D eigenvalue weighted by atomic mass is 35.5. The molecule has 2 atom stereocenters. The average Bonchev–Trinajstić information content (AvgIpc) is 3.23. The van der Waals surface area contributed by atoms with Crippen LogP contribution < -0.4 is 5.32 Å². The normalized spacial score (nSPS) is 21.3. The fourth-order valence-electron chi connectivity index (χ4n) is 4.95. The number of halogens is 2. The molecule has 1 saturated heterocycles. The van der Waals surface area contributed by atoms with Crippen LogP contribution in [0.25, 0.3) is 16.6 Å². The van der Waals surface area contributed by atoms with E-state index in [0.717, 1.165) is 43.6 Å². The lowest BCUT2D eigenvalue weighted by Gasteiger charge is -2.36. The van der Waals surface area contributed by atoms with Crippen LogP contribution in [0.5, 0.6) is 0 Å². The summed E-state index contributed by atoms with van der Waals surface area (Å²) in [4.78, 5) is 7.15. The van der Waals surface area contributed by atoms with Crippen molar-refractivity contribution in [2.75, 3.05) is 26.2 Å². The third-order valence-corrected chi connectivity index (χ3v) is 7.04. The first kappa shape index (κ1) is 20.7. The minimum absolute atomic E-state index is 0.174. The zero-order chi connectivity index (χ0) is 21.4. The number of piperidine rings is 1. The van der Waals surface area contributed by atoms with E-state index < -0.39 is 0 Å². The first-order valence-corrected chi connectivity index (χ1v) is 11.5. The number of rotatable bonds is 4. The second-order valence-corrected chi connectivity index (χ2v) is 9.11. The highest BCUT2D eigenvalue weighted by Gasteiger charge is 2.23. The summed E-state index contributed by atoms with van der Waals surface area (Å²) in [5.74, 6) is -0.287. The van der Waals surface area contributed by atoms with Gasteiger partial charge >= 0.3 is 0 Å². The van der Waals surface area contributed by atoms with E-state index in [9.17, 15) is 4.39 Å². The van der Waals surface area contributed by atoms with E-state index in [2.05, 4.69) is 44.0 Å². The average molecular weight is 439 g/mol. The van der Waals surface area contributed by atoms with Crippen molar-refractivity contribution in [1.29, 1.82) is 0 Å². The molecule has 0 aliphatic carbocycles. The number of benzene rings is 2. The molecule has 1 fully saturated rings. The van der Waals surface area contributed by atoms with Crippen molar-refractivity contribution in [3.63, 3.8) is 0 Å². The second-order valence-electron chi connectivity index (χ2n) is 8.67. The van der Waals surface area contributed by atoms with E-state index in [-0.39, 0.29) is 11.9 Å². The molecule has 2 unspecified atom stereocenters. The lowest BCUT2D eigenvalue weighted by molar-refractivity contribution is 0.182. The number of nitrogens with one attached hydrogen (secondary N) is 1. The summed E-state index contributed by atoms with van der Waals surface area (Å²) < 4.78 is 16.6. The highest BCUT2D eigenvalue weighted by molar-refractivity contribution is 6.30. The van der Waals surface area contributed by atoms with Crippen molar-refractivity contribution in [3.8, 4) is 0 Å². The van der Waals surface area contributed by atoms with Gasteiger partial charge in [-0.15, -0.1) is 0 Å². The molecule has 2 aliphatic heterocycles. The van der Waals surface area contributed by atoms with Crippen molar-refractivity contribution >= 4 is 28.2 Å². The van der Waals surface area contributed by atoms with E-state index in [1.165, 1.54) is 30.0 Å². The lowest BCUT2D eigenvalue weighted by atomic mass is 9.96. The van der Waals surface area contributed by atoms with Crippen LogP contribution >= 0.6 is 11.6 Å². The molecule has 0 bridgehead atoms. The lowest BCUT2D eigenvalue weighted by Crippen LogP contribution is -2.47. The molecule has 162 valence electrons. The molecule has 1 N–H and O–H groups in total. The molecule has 0 amide bonds. The third-order valence-electron chi connectivity index (χ3n) is 6.80. The number of fused-ring (bicyclic) bond motifs is 1. The Kier molecular flexibility index (Phi) is 5.83. The van der Waals surface area contributed by atoms with Gasteiger partial charge in [0.05, 0.1) is 23.4 Å². The zero-order valence-electron chi connectivity index (χ0n) is 17.8. The summed E-state index contributed by atoms with van der Waals surface area (Å²) in [6.07, 6.45) is 7.80. The predicted octanol–water partition coefficient (Wildman–Crippen LogP) is 5.28. The van der Waals surface area contributed by atoms with Gasteiger partial charge in [0.1, 0.15) is 5.82 Å². The summed E-state index contributed by atoms with van der Waals surface area (Å²) in [5.41, 5.74) is 5.19. The first-order chi connectivity index (χ1) is 15.1. The molecule has 1 aromatic heterocycles. The van der Waals surface area contributed by atoms with E-state index in [4.69, 9.17) is 11.6 Å². The zero-order valence-corrected chi connectivity index (χ0v) is 18.6. The summed E-state index contributed by atoms with van der Waals surface area (Å²) in [6.45, 7) is 6.36. The van der Waals surface area contributed by atoms with Crippen LogP contribution in [0, 0.1) is 5.82 Å². The van der Waals surface area contributed by atoms with Crippen molar-refractivity contribution in [1.82, 2.24) is 19.8 Å². The Bertz CT molecular complexity index is 1120. The molecule has 0 radical (unpaired) electrons. The predicted molar refractivity (Wildman–Crippen MR) is 125 cm³/mol. The molecular weight excluding hydrogens is 411 g/mol. The Hall–Kier alpha value is -2.21. The molecule has 3 heterocycles. The van der Waals surface area contributed by atoms with Gasteiger partial charge in [-0.25, -0.2) is 9.37 Å². The van der Waals surface area contributed by atoms with Crippen LogP contribution in [-0.4, -0.2) is 46.7 Å². The number of nitrogens with zero attached hydrogens (tertiary/aromatic N) is 3. The molecule has 0 spiro atoms. The maximum Gasteiger partial charge on any atom is 0.129 e. The summed E-state index contributed by atoms with van der Waals surface area (Å²) in [7, 11) is 0. The Labute approximate surface area is 187 Å². The van der Waals surface area contributed by atoms with Gasteiger partial charge in [-0.3, -0.25) is 4.90 Å². The minimum atomic E-state index is -0.287. The number of hydrogen-bond acceptors (Lipinski definition) is 3. The number of hydrogen-bond donors (Lipinski definition) is 1. The van der Waals surface area contributed by atoms with Gasteiger partial charge in [0.25, 0.3) is 0 Å². The Morgan fingerprint density at radius 3 is 2.87 bits per heavy atom. The fourth-order valence-corrected chi connectivity index (χ4v) is 5.11.